The fourth-order valence-corrected chi connectivity index (χ4v) is 4.63. The van der Waals surface area contributed by atoms with Crippen molar-refractivity contribution in [2.75, 3.05) is 44.6 Å². The Morgan fingerprint density at radius 3 is 2.27 bits per heavy atom. The smallest absolute Gasteiger partial charge is 0.255 e. The van der Waals surface area contributed by atoms with E-state index < -0.39 is 10.0 Å². The number of sulfonamides is 1. The van der Waals surface area contributed by atoms with Crippen molar-refractivity contribution in [3.63, 3.8) is 0 Å². The zero-order valence-corrected chi connectivity index (χ0v) is 17.9. The van der Waals surface area contributed by atoms with Crippen molar-refractivity contribution in [1.29, 1.82) is 0 Å². The van der Waals surface area contributed by atoms with Gasteiger partial charge in [-0.3, -0.25) is 4.79 Å². The lowest BCUT2D eigenvalue weighted by Gasteiger charge is -2.33. The summed E-state index contributed by atoms with van der Waals surface area (Å²) in [5, 5.41) is 2.78. The van der Waals surface area contributed by atoms with Gasteiger partial charge in [0.1, 0.15) is 12.4 Å². The van der Waals surface area contributed by atoms with Crippen molar-refractivity contribution in [1.82, 2.24) is 9.21 Å². The molecule has 1 amide bonds. The minimum Gasteiger partial charge on any atom is -0.490 e. The van der Waals surface area contributed by atoms with Gasteiger partial charge >= 0.3 is 0 Å². The maximum atomic E-state index is 12.8. The number of amides is 1. The SMILES string of the molecule is C=CCOc1ccc(C(=O)Nc2ccc(S(=O)(=O)N3CCN(CC)CC3)cc2)cc1. The fourth-order valence-electron chi connectivity index (χ4n) is 3.21. The van der Waals surface area contributed by atoms with Gasteiger partial charge in [-0.05, 0) is 55.1 Å². The highest BCUT2D eigenvalue weighted by Crippen LogP contribution is 2.21. The molecule has 2 aromatic rings. The first-order chi connectivity index (χ1) is 14.4. The molecule has 30 heavy (non-hydrogen) atoms. The highest BCUT2D eigenvalue weighted by Gasteiger charge is 2.27. The van der Waals surface area contributed by atoms with Crippen LogP contribution >= 0.6 is 0 Å². The third kappa shape index (κ3) is 5.27. The van der Waals surface area contributed by atoms with Crippen LogP contribution in [0, 0.1) is 0 Å². The molecule has 1 N–H and O–H groups in total. The number of hydrogen-bond acceptors (Lipinski definition) is 5. The molecule has 0 atom stereocenters. The highest BCUT2D eigenvalue weighted by molar-refractivity contribution is 7.89. The number of carbonyl (C=O) groups is 1. The van der Waals surface area contributed by atoms with E-state index in [1.165, 1.54) is 16.4 Å². The predicted octanol–water partition coefficient (Wildman–Crippen LogP) is 2.83. The molecular formula is C22H27N3O4S. The van der Waals surface area contributed by atoms with Crippen molar-refractivity contribution in [3.05, 3.63) is 66.7 Å². The molecule has 1 aliphatic heterocycles. The number of rotatable bonds is 8. The maximum Gasteiger partial charge on any atom is 0.255 e. The van der Waals surface area contributed by atoms with E-state index in [0.29, 0.717) is 36.7 Å². The summed E-state index contributed by atoms with van der Waals surface area (Å²) in [5.41, 5.74) is 1.01. The van der Waals surface area contributed by atoms with Crippen LogP contribution in [-0.2, 0) is 10.0 Å². The van der Waals surface area contributed by atoms with E-state index in [1.54, 1.807) is 42.5 Å². The molecule has 0 aliphatic carbocycles. The van der Waals surface area contributed by atoms with Crippen LogP contribution in [0.2, 0.25) is 0 Å². The van der Waals surface area contributed by atoms with E-state index in [1.807, 2.05) is 0 Å². The second-order valence-electron chi connectivity index (χ2n) is 6.94. The molecule has 1 saturated heterocycles. The van der Waals surface area contributed by atoms with Gasteiger partial charge in [0.25, 0.3) is 5.91 Å². The van der Waals surface area contributed by atoms with Crippen LogP contribution in [0.3, 0.4) is 0 Å². The van der Waals surface area contributed by atoms with E-state index in [-0.39, 0.29) is 10.8 Å². The Bertz CT molecular complexity index is 964. The van der Waals surface area contributed by atoms with Crippen LogP contribution in [0.5, 0.6) is 5.75 Å². The first kappa shape index (κ1) is 22.0. The monoisotopic (exact) mass is 429 g/mol. The van der Waals surface area contributed by atoms with Crippen molar-refractivity contribution < 1.29 is 17.9 Å². The number of benzene rings is 2. The Labute approximate surface area is 178 Å². The third-order valence-electron chi connectivity index (χ3n) is 5.01. The number of carbonyl (C=O) groups excluding carboxylic acids is 1. The molecule has 1 heterocycles. The van der Waals surface area contributed by atoms with Crippen molar-refractivity contribution in [2.24, 2.45) is 0 Å². The van der Waals surface area contributed by atoms with E-state index >= 15 is 0 Å². The topological polar surface area (TPSA) is 78.9 Å². The summed E-state index contributed by atoms with van der Waals surface area (Å²) in [6.45, 7) is 9.43. The van der Waals surface area contributed by atoms with E-state index in [2.05, 4.69) is 23.7 Å². The molecule has 0 bridgehead atoms. The standard InChI is InChI=1S/C22H27N3O4S/c1-3-17-29-20-9-5-18(6-10-20)22(26)23-19-7-11-21(12-8-19)30(27,28)25-15-13-24(4-2)14-16-25/h3,5-12H,1,4,13-17H2,2H3,(H,23,26). The van der Waals surface area contributed by atoms with Crippen molar-refractivity contribution in [3.8, 4) is 5.75 Å². The summed E-state index contributed by atoms with van der Waals surface area (Å²) in [5.74, 6) is 0.373. The highest BCUT2D eigenvalue weighted by atomic mass is 32.2. The van der Waals surface area contributed by atoms with Gasteiger partial charge in [-0.1, -0.05) is 19.6 Å². The number of nitrogens with one attached hydrogen (secondary N) is 1. The number of piperazine rings is 1. The normalized spacial score (nSPS) is 15.5. The zero-order chi connectivity index (χ0) is 21.6. The fraction of sp³-hybridized carbons (Fsp3) is 0.318. The van der Waals surface area contributed by atoms with Gasteiger partial charge in [0.15, 0.2) is 0 Å². The first-order valence-corrected chi connectivity index (χ1v) is 11.4. The molecule has 0 spiro atoms. The second kappa shape index (κ2) is 9.88. The molecular weight excluding hydrogens is 402 g/mol. The molecule has 8 heteroatoms. The van der Waals surface area contributed by atoms with E-state index in [4.69, 9.17) is 4.74 Å². The lowest BCUT2D eigenvalue weighted by atomic mass is 10.2. The molecule has 1 fully saturated rings. The van der Waals surface area contributed by atoms with Crippen molar-refractivity contribution >= 4 is 21.6 Å². The van der Waals surface area contributed by atoms with Gasteiger partial charge in [0.05, 0.1) is 4.90 Å². The lowest BCUT2D eigenvalue weighted by Crippen LogP contribution is -2.48. The quantitative estimate of drug-likeness (QED) is 0.653. The predicted molar refractivity (Wildman–Crippen MR) is 117 cm³/mol. The minimum atomic E-state index is -3.53. The van der Waals surface area contributed by atoms with Crippen molar-refractivity contribution in [2.45, 2.75) is 11.8 Å². The van der Waals surface area contributed by atoms with E-state index in [0.717, 1.165) is 19.6 Å². The summed E-state index contributed by atoms with van der Waals surface area (Å²) in [7, 11) is -3.53. The van der Waals surface area contributed by atoms with Crippen LogP contribution in [0.25, 0.3) is 0 Å². The molecule has 0 saturated carbocycles. The Morgan fingerprint density at radius 2 is 1.70 bits per heavy atom. The molecule has 0 unspecified atom stereocenters. The molecule has 1 aliphatic rings. The van der Waals surface area contributed by atoms with Gasteiger partial charge < -0.3 is 15.0 Å². The third-order valence-corrected chi connectivity index (χ3v) is 6.93. The first-order valence-electron chi connectivity index (χ1n) is 9.91. The Hall–Kier alpha value is -2.68. The lowest BCUT2D eigenvalue weighted by molar-refractivity contribution is 0.102. The summed E-state index contributed by atoms with van der Waals surface area (Å²) in [4.78, 5) is 14.9. The van der Waals surface area contributed by atoms with Gasteiger partial charge in [-0.15, -0.1) is 0 Å². The van der Waals surface area contributed by atoms with Crippen LogP contribution in [-0.4, -0.2) is 62.9 Å². The number of likely N-dealkylation sites (N-methyl/N-ethyl adjacent to an activating group) is 1. The number of nitrogens with zero attached hydrogens (tertiary/aromatic N) is 2. The van der Waals surface area contributed by atoms with E-state index in [9.17, 15) is 13.2 Å². The number of anilines is 1. The summed E-state index contributed by atoms with van der Waals surface area (Å²) < 4.78 is 32.6. The van der Waals surface area contributed by atoms with Gasteiger partial charge in [0.2, 0.25) is 10.0 Å². The molecule has 7 nitrogen and oxygen atoms in total. The molecule has 160 valence electrons. The van der Waals surface area contributed by atoms with Gasteiger partial charge in [-0.2, -0.15) is 4.31 Å². The average molecular weight is 430 g/mol. The van der Waals surface area contributed by atoms with Gasteiger partial charge in [-0.25, -0.2) is 8.42 Å². The Morgan fingerprint density at radius 1 is 1.07 bits per heavy atom. The zero-order valence-electron chi connectivity index (χ0n) is 17.1. The summed E-state index contributed by atoms with van der Waals surface area (Å²) in [6.07, 6.45) is 1.65. The Kier molecular flexibility index (Phi) is 7.25. The average Bonchev–Trinajstić information content (AvgIpc) is 2.78. The summed E-state index contributed by atoms with van der Waals surface area (Å²) in [6, 6.07) is 13.0. The molecule has 2 aromatic carbocycles. The Balaban J connectivity index is 1.62. The van der Waals surface area contributed by atoms with Crippen LogP contribution < -0.4 is 10.1 Å². The van der Waals surface area contributed by atoms with Crippen LogP contribution in [0.1, 0.15) is 17.3 Å². The largest absolute Gasteiger partial charge is 0.490 e. The summed E-state index contributed by atoms with van der Waals surface area (Å²) >= 11 is 0. The second-order valence-corrected chi connectivity index (χ2v) is 8.88. The number of hydrogen-bond donors (Lipinski definition) is 1. The molecule has 0 radical (unpaired) electrons. The van der Waals surface area contributed by atoms with Crippen LogP contribution in [0.15, 0.2) is 66.1 Å². The van der Waals surface area contributed by atoms with Crippen LogP contribution in [0.4, 0.5) is 5.69 Å². The molecule has 0 aromatic heterocycles. The number of ether oxygens (including phenoxy) is 1. The maximum absolute atomic E-state index is 12.8. The minimum absolute atomic E-state index is 0.231. The molecule has 3 rings (SSSR count). The van der Waals surface area contributed by atoms with Gasteiger partial charge in [0, 0.05) is 37.4 Å².